The van der Waals surface area contributed by atoms with Gasteiger partial charge in [-0.25, -0.2) is 13.4 Å². The fraction of sp³-hybridized carbons (Fsp3) is 0.333. The standard InChI is InChI=1S/C18H19N3O3S3/c22-18(19-12-16-20-13-6-2-3-7-14(13)26-16)17-15(8-11-25-17)27(23,24)21-9-4-1-5-10-21/h2-3,6-8,11H,1,4-5,9-10,12H2,(H,19,22). The fourth-order valence-corrected chi connectivity index (χ4v) is 6.88. The summed E-state index contributed by atoms with van der Waals surface area (Å²) in [5.41, 5.74) is 0.899. The molecule has 0 bridgehead atoms. The number of rotatable bonds is 5. The molecule has 3 aromatic rings. The number of nitrogens with zero attached hydrogens (tertiary/aromatic N) is 2. The third-order valence-electron chi connectivity index (χ3n) is 4.51. The second-order valence-electron chi connectivity index (χ2n) is 6.34. The first-order valence-electron chi connectivity index (χ1n) is 8.76. The lowest BCUT2D eigenvalue weighted by Gasteiger charge is -2.25. The first-order valence-corrected chi connectivity index (χ1v) is 11.9. The van der Waals surface area contributed by atoms with E-state index >= 15 is 0 Å². The van der Waals surface area contributed by atoms with Crippen molar-refractivity contribution >= 4 is 48.8 Å². The Labute approximate surface area is 165 Å². The molecular formula is C18H19N3O3S3. The number of benzene rings is 1. The molecule has 6 nitrogen and oxygen atoms in total. The van der Waals surface area contributed by atoms with Gasteiger partial charge in [0.25, 0.3) is 5.91 Å². The van der Waals surface area contributed by atoms with E-state index in [1.54, 1.807) is 5.38 Å². The van der Waals surface area contributed by atoms with Crippen LogP contribution in [0, 0.1) is 0 Å². The van der Waals surface area contributed by atoms with Gasteiger partial charge in [-0.05, 0) is 36.4 Å². The van der Waals surface area contributed by atoms with Gasteiger partial charge in [-0.2, -0.15) is 4.31 Å². The zero-order chi connectivity index (χ0) is 18.9. The van der Waals surface area contributed by atoms with Gasteiger partial charge in [-0.3, -0.25) is 4.79 Å². The predicted octanol–water partition coefficient (Wildman–Crippen LogP) is 3.46. The van der Waals surface area contributed by atoms with Crippen molar-refractivity contribution < 1.29 is 13.2 Å². The molecule has 27 heavy (non-hydrogen) atoms. The van der Waals surface area contributed by atoms with Crippen LogP contribution in [0.2, 0.25) is 0 Å². The highest BCUT2D eigenvalue weighted by molar-refractivity contribution is 7.89. The van der Waals surface area contributed by atoms with Gasteiger partial charge >= 0.3 is 0 Å². The number of carbonyl (C=O) groups excluding carboxylic acids is 1. The fourth-order valence-electron chi connectivity index (χ4n) is 3.14. The third-order valence-corrected chi connectivity index (χ3v) is 8.53. The number of para-hydroxylation sites is 1. The van der Waals surface area contributed by atoms with Crippen molar-refractivity contribution in [1.82, 2.24) is 14.6 Å². The molecule has 0 unspecified atom stereocenters. The second-order valence-corrected chi connectivity index (χ2v) is 10.3. The van der Waals surface area contributed by atoms with E-state index in [1.807, 2.05) is 24.3 Å². The van der Waals surface area contributed by atoms with Crippen molar-refractivity contribution in [2.24, 2.45) is 0 Å². The molecule has 0 aliphatic carbocycles. The van der Waals surface area contributed by atoms with Crippen LogP contribution in [0.1, 0.15) is 33.9 Å². The van der Waals surface area contributed by atoms with Gasteiger partial charge < -0.3 is 5.32 Å². The van der Waals surface area contributed by atoms with E-state index in [1.165, 1.54) is 21.7 Å². The van der Waals surface area contributed by atoms with Crippen LogP contribution in [0.25, 0.3) is 10.2 Å². The SMILES string of the molecule is O=C(NCc1nc2ccccc2s1)c1sccc1S(=O)(=O)N1CCCCC1. The van der Waals surface area contributed by atoms with Gasteiger partial charge in [0.1, 0.15) is 14.8 Å². The second kappa shape index (κ2) is 7.67. The maximum atomic E-state index is 12.9. The van der Waals surface area contributed by atoms with Crippen molar-refractivity contribution in [3.05, 3.63) is 45.6 Å². The summed E-state index contributed by atoms with van der Waals surface area (Å²) < 4.78 is 28.4. The number of carbonyl (C=O) groups is 1. The minimum absolute atomic E-state index is 0.108. The van der Waals surface area contributed by atoms with Crippen molar-refractivity contribution in [2.75, 3.05) is 13.1 Å². The molecule has 4 rings (SSSR count). The number of amides is 1. The molecule has 1 aromatic carbocycles. The number of aromatic nitrogens is 1. The predicted molar refractivity (Wildman–Crippen MR) is 108 cm³/mol. The smallest absolute Gasteiger partial charge is 0.263 e. The molecule has 0 saturated carbocycles. The zero-order valence-corrected chi connectivity index (χ0v) is 17.0. The quantitative estimate of drug-likeness (QED) is 0.684. The Hall–Kier alpha value is -1.81. The summed E-state index contributed by atoms with van der Waals surface area (Å²) in [5.74, 6) is -0.375. The Morgan fingerprint density at radius 2 is 1.93 bits per heavy atom. The van der Waals surface area contributed by atoms with E-state index in [2.05, 4.69) is 10.3 Å². The van der Waals surface area contributed by atoms with Crippen molar-refractivity contribution in [3.63, 3.8) is 0 Å². The molecule has 9 heteroatoms. The first-order chi connectivity index (χ1) is 13.1. The molecule has 1 N–H and O–H groups in total. The number of sulfonamides is 1. The van der Waals surface area contributed by atoms with Crippen LogP contribution in [-0.2, 0) is 16.6 Å². The van der Waals surface area contributed by atoms with Crippen molar-refractivity contribution in [1.29, 1.82) is 0 Å². The van der Waals surface area contributed by atoms with E-state index in [9.17, 15) is 13.2 Å². The van der Waals surface area contributed by atoms with Crippen LogP contribution in [-0.4, -0.2) is 36.7 Å². The van der Waals surface area contributed by atoms with Crippen LogP contribution < -0.4 is 5.32 Å². The summed E-state index contributed by atoms with van der Waals surface area (Å²) >= 11 is 2.67. The number of thiophene rings is 1. The van der Waals surface area contributed by atoms with Crippen molar-refractivity contribution in [2.45, 2.75) is 30.7 Å². The summed E-state index contributed by atoms with van der Waals surface area (Å²) in [6, 6.07) is 9.32. The average Bonchev–Trinajstić information content (AvgIpc) is 3.34. The van der Waals surface area contributed by atoms with Gasteiger partial charge in [-0.1, -0.05) is 18.6 Å². The molecule has 142 valence electrons. The first kappa shape index (κ1) is 18.5. The Morgan fingerprint density at radius 1 is 1.15 bits per heavy atom. The summed E-state index contributed by atoms with van der Waals surface area (Å²) in [5, 5.41) is 5.26. The largest absolute Gasteiger partial charge is 0.345 e. The van der Waals surface area contributed by atoms with Gasteiger partial charge in [0.05, 0.1) is 16.8 Å². The van der Waals surface area contributed by atoms with Gasteiger partial charge in [0, 0.05) is 13.1 Å². The lowest BCUT2D eigenvalue weighted by atomic mass is 10.2. The van der Waals surface area contributed by atoms with Crippen LogP contribution in [0.3, 0.4) is 0 Å². The van der Waals surface area contributed by atoms with Crippen LogP contribution >= 0.6 is 22.7 Å². The highest BCUT2D eigenvalue weighted by atomic mass is 32.2. The van der Waals surface area contributed by atoms with E-state index in [0.717, 1.165) is 45.8 Å². The van der Waals surface area contributed by atoms with E-state index in [4.69, 9.17) is 0 Å². The normalized spacial score (nSPS) is 15.9. The molecule has 1 amide bonds. The lowest BCUT2D eigenvalue weighted by molar-refractivity contribution is 0.0952. The summed E-state index contributed by atoms with van der Waals surface area (Å²) in [6.07, 6.45) is 2.77. The van der Waals surface area contributed by atoms with Gasteiger partial charge in [0.2, 0.25) is 10.0 Å². The van der Waals surface area contributed by atoms with Crippen molar-refractivity contribution in [3.8, 4) is 0 Å². The highest BCUT2D eigenvalue weighted by Gasteiger charge is 2.30. The molecule has 1 saturated heterocycles. The average molecular weight is 422 g/mol. The van der Waals surface area contributed by atoms with E-state index in [0.29, 0.717) is 13.1 Å². The maximum absolute atomic E-state index is 12.9. The molecule has 0 atom stereocenters. The molecule has 2 aromatic heterocycles. The van der Waals surface area contributed by atoms with Gasteiger partial charge in [-0.15, -0.1) is 22.7 Å². The zero-order valence-electron chi connectivity index (χ0n) is 14.6. The molecule has 1 aliphatic heterocycles. The molecule has 1 aliphatic rings. The Morgan fingerprint density at radius 3 is 2.70 bits per heavy atom. The molecule has 1 fully saturated rings. The number of thiazole rings is 1. The summed E-state index contributed by atoms with van der Waals surface area (Å²) in [6.45, 7) is 1.31. The number of nitrogens with one attached hydrogen (secondary N) is 1. The Kier molecular flexibility index (Phi) is 5.27. The van der Waals surface area contributed by atoms with Crippen LogP contribution in [0.5, 0.6) is 0 Å². The minimum atomic E-state index is -3.63. The monoisotopic (exact) mass is 421 g/mol. The topological polar surface area (TPSA) is 79.4 Å². The van der Waals surface area contributed by atoms with Crippen LogP contribution in [0.15, 0.2) is 40.6 Å². The number of hydrogen-bond donors (Lipinski definition) is 1. The summed E-state index contributed by atoms with van der Waals surface area (Å²) in [4.78, 5) is 17.5. The Bertz CT molecular complexity index is 1030. The molecule has 3 heterocycles. The number of fused-ring (bicyclic) bond motifs is 1. The number of piperidine rings is 1. The third kappa shape index (κ3) is 3.77. The molecule has 0 radical (unpaired) electrons. The number of hydrogen-bond acceptors (Lipinski definition) is 6. The lowest BCUT2D eigenvalue weighted by Crippen LogP contribution is -2.36. The summed E-state index contributed by atoms with van der Waals surface area (Å²) in [7, 11) is -3.63. The molecular weight excluding hydrogens is 402 g/mol. The highest BCUT2D eigenvalue weighted by Crippen LogP contribution is 2.27. The molecule has 0 spiro atoms. The van der Waals surface area contributed by atoms with E-state index < -0.39 is 10.0 Å². The minimum Gasteiger partial charge on any atom is -0.345 e. The van der Waals surface area contributed by atoms with E-state index in [-0.39, 0.29) is 22.2 Å². The van der Waals surface area contributed by atoms with Crippen LogP contribution in [0.4, 0.5) is 0 Å². The Balaban J connectivity index is 1.50. The maximum Gasteiger partial charge on any atom is 0.263 e. The van der Waals surface area contributed by atoms with Gasteiger partial charge in [0.15, 0.2) is 0 Å².